The Morgan fingerprint density at radius 3 is 2.89 bits per heavy atom. The van der Waals surface area contributed by atoms with E-state index in [2.05, 4.69) is 21.4 Å². The molecule has 1 aromatic carbocycles. The van der Waals surface area contributed by atoms with Crippen molar-refractivity contribution in [3.63, 3.8) is 0 Å². The van der Waals surface area contributed by atoms with Crippen molar-refractivity contribution in [1.82, 2.24) is 5.43 Å². The van der Waals surface area contributed by atoms with Crippen LogP contribution in [0.5, 0.6) is 0 Å². The third-order valence-electron chi connectivity index (χ3n) is 4.30. The van der Waals surface area contributed by atoms with Crippen molar-refractivity contribution in [3.8, 4) is 0 Å². The van der Waals surface area contributed by atoms with E-state index in [0.717, 1.165) is 16.5 Å². The number of nitrogens with zero attached hydrogens (tertiary/aromatic N) is 1. The third kappa shape index (κ3) is 1.64. The molecule has 4 nitrogen and oxygen atoms in total. The van der Waals surface area contributed by atoms with Gasteiger partial charge >= 0.3 is 0 Å². The molecule has 2 aliphatic rings. The number of hydrazine groups is 1. The number of hydrogen-bond acceptors (Lipinski definition) is 2. The summed E-state index contributed by atoms with van der Waals surface area (Å²) in [6.07, 6.45) is 1.40. The molecular formula is C14H15BrN2O2. The number of carbonyl (C=O) groups is 2. The first-order valence-electron chi connectivity index (χ1n) is 6.41. The Morgan fingerprint density at radius 1 is 1.47 bits per heavy atom. The summed E-state index contributed by atoms with van der Waals surface area (Å²) in [7, 11) is 0. The minimum atomic E-state index is -0.441. The van der Waals surface area contributed by atoms with Crippen LogP contribution in [0.1, 0.15) is 25.3 Å². The molecule has 0 spiro atoms. The summed E-state index contributed by atoms with van der Waals surface area (Å²) in [5, 5.41) is 1.39. The standard InChI is InChI=1S/C14H15BrN2O2/c1-3-14-7-9(14)12(18)17(16-13(14)19)10-6-4-5-8(2)11(10)15/h4-6,9H,3,7H2,1-2H3,(H,16,19)/t9-,14-/m0/s1. The number of amides is 2. The van der Waals surface area contributed by atoms with Crippen LogP contribution in [0.25, 0.3) is 0 Å². The first-order valence-corrected chi connectivity index (χ1v) is 7.20. The van der Waals surface area contributed by atoms with Crippen LogP contribution in [-0.4, -0.2) is 11.8 Å². The van der Waals surface area contributed by atoms with Crippen LogP contribution in [0.3, 0.4) is 0 Å². The maximum absolute atomic E-state index is 12.4. The maximum atomic E-state index is 12.4. The number of nitrogens with one attached hydrogen (secondary N) is 1. The summed E-state index contributed by atoms with van der Waals surface area (Å²) in [6, 6.07) is 5.66. The molecule has 5 heteroatoms. The molecule has 1 aliphatic heterocycles. The molecule has 2 fully saturated rings. The molecule has 0 aromatic heterocycles. The van der Waals surface area contributed by atoms with Gasteiger partial charge in [-0.3, -0.25) is 15.0 Å². The molecule has 1 aromatic rings. The van der Waals surface area contributed by atoms with Crippen molar-refractivity contribution in [3.05, 3.63) is 28.2 Å². The molecule has 0 radical (unpaired) electrons. The number of carbonyl (C=O) groups excluding carboxylic acids is 2. The van der Waals surface area contributed by atoms with E-state index >= 15 is 0 Å². The second-order valence-corrected chi connectivity index (χ2v) is 6.08. The fourth-order valence-electron chi connectivity index (χ4n) is 2.84. The van der Waals surface area contributed by atoms with Gasteiger partial charge in [0, 0.05) is 4.47 Å². The van der Waals surface area contributed by atoms with Crippen LogP contribution in [0.2, 0.25) is 0 Å². The number of rotatable bonds is 2. The lowest BCUT2D eigenvalue weighted by atomic mass is 9.97. The largest absolute Gasteiger partial charge is 0.273 e. The van der Waals surface area contributed by atoms with E-state index in [0.29, 0.717) is 12.1 Å². The van der Waals surface area contributed by atoms with Gasteiger partial charge in [0.25, 0.3) is 0 Å². The van der Waals surface area contributed by atoms with Crippen LogP contribution < -0.4 is 10.4 Å². The predicted molar refractivity (Wildman–Crippen MR) is 75.3 cm³/mol. The molecular weight excluding hydrogens is 308 g/mol. The summed E-state index contributed by atoms with van der Waals surface area (Å²) < 4.78 is 0.841. The van der Waals surface area contributed by atoms with Crippen LogP contribution >= 0.6 is 15.9 Å². The molecule has 0 unspecified atom stereocenters. The van der Waals surface area contributed by atoms with Crippen molar-refractivity contribution in [2.24, 2.45) is 11.3 Å². The maximum Gasteiger partial charge on any atom is 0.249 e. The van der Waals surface area contributed by atoms with Gasteiger partial charge in [-0.15, -0.1) is 0 Å². The molecule has 1 aliphatic carbocycles. The molecule has 0 bridgehead atoms. The van der Waals surface area contributed by atoms with E-state index < -0.39 is 5.41 Å². The van der Waals surface area contributed by atoms with Gasteiger partial charge in [-0.05, 0) is 47.3 Å². The van der Waals surface area contributed by atoms with Crippen molar-refractivity contribution in [2.45, 2.75) is 26.7 Å². The zero-order valence-electron chi connectivity index (χ0n) is 10.9. The first-order chi connectivity index (χ1) is 9.01. The molecule has 2 atom stereocenters. The highest BCUT2D eigenvalue weighted by Crippen LogP contribution is 2.58. The lowest BCUT2D eigenvalue weighted by molar-refractivity contribution is -0.135. The third-order valence-corrected chi connectivity index (χ3v) is 5.33. The van der Waals surface area contributed by atoms with Crippen LogP contribution in [0, 0.1) is 18.3 Å². The van der Waals surface area contributed by atoms with Gasteiger partial charge in [0.05, 0.1) is 17.0 Å². The lowest BCUT2D eigenvalue weighted by Gasteiger charge is -2.31. The molecule has 1 heterocycles. The average molecular weight is 323 g/mol. The van der Waals surface area contributed by atoms with E-state index in [9.17, 15) is 9.59 Å². The number of aryl methyl sites for hydroxylation is 1. The first kappa shape index (κ1) is 12.7. The van der Waals surface area contributed by atoms with Crippen molar-refractivity contribution < 1.29 is 9.59 Å². The van der Waals surface area contributed by atoms with Crippen LogP contribution in [0.15, 0.2) is 22.7 Å². The van der Waals surface area contributed by atoms with Gasteiger partial charge in [-0.2, -0.15) is 0 Å². The predicted octanol–water partition coefficient (Wildman–Crippen LogP) is 2.55. The normalized spacial score (nSPS) is 29.0. The fraction of sp³-hybridized carbons (Fsp3) is 0.429. The SMILES string of the molecule is CC[C@]12C[C@H]1C(=O)N(c1cccc(C)c1Br)NC2=O. The van der Waals surface area contributed by atoms with Gasteiger partial charge in [-0.25, -0.2) is 5.01 Å². The Morgan fingerprint density at radius 2 is 2.21 bits per heavy atom. The summed E-state index contributed by atoms with van der Waals surface area (Å²) in [5.74, 6) is -0.195. The van der Waals surface area contributed by atoms with Gasteiger partial charge in [0.15, 0.2) is 0 Å². The summed E-state index contributed by atoms with van der Waals surface area (Å²) in [5.41, 5.74) is 4.04. The monoisotopic (exact) mass is 322 g/mol. The lowest BCUT2D eigenvalue weighted by Crippen LogP contribution is -2.55. The molecule has 1 saturated heterocycles. The highest BCUT2D eigenvalue weighted by Gasteiger charge is 2.66. The van der Waals surface area contributed by atoms with Crippen molar-refractivity contribution >= 4 is 33.4 Å². The molecule has 1 saturated carbocycles. The van der Waals surface area contributed by atoms with E-state index in [1.807, 2.05) is 32.0 Å². The molecule has 100 valence electrons. The smallest absolute Gasteiger partial charge is 0.249 e. The summed E-state index contributed by atoms with van der Waals surface area (Å²) >= 11 is 3.48. The molecule has 2 amide bonds. The van der Waals surface area contributed by atoms with Crippen LogP contribution in [0.4, 0.5) is 5.69 Å². The summed E-state index contributed by atoms with van der Waals surface area (Å²) in [6.45, 7) is 3.92. The fourth-order valence-corrected chi connectivity index (χ4v) is 3.28. The molecule has 1 N–H and O–H groups in total. The highest BCUT2D eigenvalue weighted by molar-refractivity contribution is 9.10. The Hall–Kier alpha value is -1.36. The van der Waals surface area contributed by atoms with Gasteiger partial charge in [0.1, 0.15) is 0 Å². The number of halogens is 1. The Labute approximate surface area is 120 Å². The van der Waals surface area contributed by atoms with Crippen molar-refractivity contribution in [1.29, 1.82) is 0 Å². The number of benzene rings is 1. The highest BCUT2D eigenvalue weighted by atomic mass is 79.9. The minimum Gasteiger partial charge on any atom is -0.273 e. The van der Waals surface area contributed by atoms with Gasteiger partial charge in [-0.1, -0.05) is 19.1 Å². The number of fused-ring (bicyclic) bond motifs is 1. The second-order valence-electron chi connectivity index (χ2n) is 5.29. The quantitative estimate of drug-likeness (QED) is 0.909. The van der Waals surface area contributed by atoms with E-state index in [-0.39, 0.29) is 17.7 Å². The molecule has 3 rings (SSSR count). The zero-order chi connectivity index (χ0) is 13.8. The number of hydrogen-bond donors (Lipinski definition) is 1. The average Bonchev–Trinajstić information content (AvgIpc) is 3.14. The van der Waals surface area contributed by atoms with E-state index in [4.69, 9.17) is 0 Å². The zero-order valence-corrected chi connectivity index (χ0v) is 12.5. The van der Waals surface area contributed by atoms with E-state index in [1.165, 1.54) is 5.01 Å². The minimum absolute atomic E-state index is 0.00671. The Balaban J connectivity index is 1.98. The van der Waals surface area contributed by atoms with Gasteiger partial charge < -0.3 is 0 Å². The van der Waals surface area contributed by atoms with E-state index in [1.54, 1.807) is 0 Å². The second kappa shape index (κ2) is 4.07. The van der Waals surface area contributed by atoms with Crippen LogP contribution in [-0.2, 0) is 9.59 Å². The van der Waals surface area contributed by atoms with Gasteiger partial charge in [0.2, 0.25) is 11.8 Å². The summed E-state index contributed by atoms with van der Waals surface area (Å²) in [4.78, 5) is 24.6. The number of anilines is 1. The van der Waals surface area contributed by atoms with Crippen molar-refractivity contribution in [2.75, 3.05) is 5.01 Å². The Bertz CT molecular complexity index is 587. The Kier molecular flexibility index (Phi) is 2.71. The molecule has 19 heavy (non-hydrogen) atoms. The topological polar surface area (TPSA) is 49.4 Å².